The normalized spacial score (nSPS) is 15.6. The molecule has 1 atom stereocenters. The third kappa shape index (κ3) is 6.17. The largest absolute Gasteiger partial charge is 0.482 e. The molecule has 3 aromatic rings. The van der Waals surface area contributed by atoms with E-state index in [1.807, 2.05) is 42.5 Å². The van der Waals surface area contributed by atoms with Gasteiger partial charge in [0.2, 0.25) is 0 Å². The third-order valence-electron chi connectivity index (χ3n) is 6.30. The van der Waals surface area contributed by atoms with Crippen LogP contribution in [0.3, 0.4) is 0 Å². The zero-order valence-electron chi connectivity index (χ0n) is 20.2. The maximum atomic E-state index is 13.4. The van der Waals surface area contributed by atoms with E-state index in [4.69, 9.17) is 14.8 Å². The number of thiophene rings is 1. The van der Waals surface area contributed by atoms with Crippen molar-refractivity contribution in [2.24, 2.45) is 16.3 Å². The molecule has 0 saturated heterocycles. The highest BCUT2D eigenvalue weighted by Crippen LogP contribution is 2.45. The van der Waals surface area contributed by atoms with Crippen LogP contribution in [-0.4, -0.2) is 29.8 Å². The number of ether oxygens (including phenoxy) is 1. The van der Waals surface area contributed by atoms with Crippen LogP contribution in [0.4, 0.5) is 10.7 Å². The van der Waals surface area contributed by atoms with Crippen molar-refractivity contribution in [3.05, 3.63) is 76.2 Å². The van der Waals surface area contributed by atoms with Crippen molar-refractivity contribution in [2.75, 3.05) is 11.9 Å². The van der Waals surface area contributed by atoms with Gasteiger partial charge in [-0.2, -0.15) is 0 Å². The van der Waals surface area contributed by atoms with Crippen molar-refractivity contribution < 1.29 is 19.4 Å². The molecule has 0 spiro atoms. The number of aliphatic carboxylic acids is 1. The Morgan fingerprint density at radius 3 is 2.51 bits per heavy atom. The van der Waals surface area contributed by atoms with Gasteiger partial charge in [0, 0.05) is 16.8 Å². The first-order valence-electron chi connectivity index (χ1n) is 11.7. The first kappa shape index (κ1) is 24.7. The van der Waals surface area contributed by atoms with Crippen LogP contribution < -0.4 is 10.1 Å². The smallest absolute Gasteiger partial charge is 0.341 e. The molecule has 7 heteroatoms. The maximum absolute atomic E-state index is 13.4. The fraction of sp³-hybridized carbons (Fsp3) is 0.321. The molecule has 0 saturated carbocycles. The van der Waals surface area contributed by atoms with Gasteiger partial charge in [-0.25, -0.2) is 9.79 Å². The minimum atomic E-state index is -1.02. The summed E-state index contributed by atoms with van der Waals surface area (Å²) in [7, 11) is 0. The number of nitrogens with zero attached hydrogens (tertiary/aromatic N) is 1. The number of nitrogens with one attached hydrogen (secondary N) is 1. The van der Waals surface area contributed by atoms with Crippen molar-refractivity contribution in [3.8, 4) is 5.75 Å². The Morgan fingerprint density at radius 2 is 1.86 bits per heavy atom. The van der Waals surface area contributed by atoms with Crippen LogP contribution in [0.25, 0.3) is 0 Å². The average molecular weight is 491 g/mol. The van der Waals surface area contributed by atoms with Crippen molar-refractivity contribution in [1.29, 1.82) is 0 Å². The Morgan fingerprint density at radius 1 is 1.14 bits per heavy atom. The van der Waals surface area contributed by atoms with E-state index in [-0.39, 0.29) is 17.9 Å². The first-order chi connectivity index (χ1) is 16.7. The van der Waals surface area contributed by atoms with E-state index in [0.717, 1.165) is 36.1 Å². The summed E-state index contributed by atoms with van der Waals surface area (Å²) in [5.41, 5.74) is 3.59. The molecular weight excluding hydrogens is 460 g/mol. The lowest BCUT2D eigenvalue weighted by Gasteiger charge is -2.33. The second-order valence-electron chi connectivity index (χ2n) is 9.82. The predicted molar refractivity (Wildman–Crippen MR) is 141 cm³/mol. The maximum Gasteiger partial charge on any atom is 0.341 e. The summed E-state index contributed by atoms with van der Waals surface area (Å²) in [6.45, 7) is 6.45. The summed E-state index contributed by atoms with van der Waals surface area (Å²) in [6, 6.07) is 16.5. The summed E-state index contributed by atoms with van der Waals surface area (Å²) >= 11 is 1.61. The lowest BCUT2D eigenvalue weighted by molar-refractivity contribution is -0.139. The van der Waals surface area contributed by atoms with Crippen molar-refractivity contribution in [2.45, 2.75) is 40.0 Å². The monoisotopic (exact) mass is 490 g/mol. The Kier molecular flexibility index (Phi) is 7.36. The van der Waals surface area contributed by atoms with Gasteiger partial charge in [0.1, 0.15) is 10.8 Å². The first-order valence-corrected chi connectivity index (χ1v) is 12.5. The van der Waals surface area contributed by atoms with Crippen LogP contribution in [0.1, 0.15) is 53.6 Å². The number of amides is 1. The summed E-state index contributed by atoms with van der Waals surface area (Å²) in [4.78, 5) is 30.1. The number of aliphatic imine (C=N–C) groups is 1. The number of fused-ring (bicyclic) bond motifs is 1. The van der Waals surface area contributed by atoms with E-state index < -0.39 is 5.97 Å². The number of para-hydroxylation sites is 1. The lowest BCUT2D eigenvalue weighted by Crippen LogP contribution is -2.27. The molecule has 0 fully saturated rings. The summed E-state index contributed by atoms with van der Waals surface area (Å²) in [5.74, 6) is -0.110. The summed E-state index contributed by atoms with van der Waals surface area (Å²) in [6.07, 6.45) is 4.62. The molecule has 6 nitrogen and oxygen atoms in total. The number of carboxylic acids is 1. The van der Waals surface area contributed by atoms with Crippen molar-refractivity contribution >= 4 is 40.1 Å². The highest BCUT2D eigenvalue weighted by molar-refractivity contribution is 7.16. The van der Waals surface area contributed by atoms with Gasteiger partial charge in [0.05, 0.1) is 5.56 Å². The molecule has 1 aliphatic rings. The fourth-order valence-corrected chi connectivity index (χ4v) is 5.55. The standard InChI is InChI=1S/C28H30N2O4S/c1-28(2,3)19-11-14-22-23(15-19)35-27(25(22)26(33)30-20-7-5-4-6-8-20)29-16-18-9-12-21(13-10-18)34-17-24(31)32/h4-10,12-13,16,19H,11,14-15,17H2,1-3H3,(H,30,33)(H,31,32)/t19-/m0/s1. The van der Waals surface area contributed by atoms with Crippen LogP contribution >= 0.6 is 11.3 Å². The molecule has 0 radical (unpaired) electrons. The molecule has 0 unspecified atom stereocenters. The number of hydrogen-bond acceptors (Lipinski definition) is 5. The molecule has 2 aromatic carbocycles. The Labute approximate surface area is 209 Å². The van der Waals surface area contributed by atoms with Gasteiger partial charge in [0.15, 0.2) is 6.61 Å². The number of carbonyl (C=O) groups is 2. The molecule has 1 aliphatic carbocycles. The molecule has 1 amide bonds. The number of carboxylic acid groups (broad SMARTS) is 1. The number of rotatable bonds is 7. The minimum Gasteiger partial charge on any atom is -0.482 e. The van der Waals surface area contributed by atoms with Crippen LogP contribution in [0.5, 0.6) is 5.75 Å². The minimum absolute atomic E-state index is 0.132. The van der Waals surface area contributed by atoms with Crippen LogP contribution in [0, 0.1) is 11.3 Å². The lowest BCUT2D eigenvalue weighted by atomic mass is 9.72. The number of anilines is 1. The van der Waals surface area contributed by atoms with Crippen LogP contribution in [0.2, 0.25) is 0 Å². The van der Waals surface area contributed by atoms with E-state index in [9.17, 15) is 9.59 Å². The van der Waals surface area contributed by atoms with E-state index in [1.165, 1.54) is 4.88 Å². The van der Waals surface area contributed by atoms with Gasteiger partial charge in [-0.3, -0.25) is 4.79 Å². The SMILES string of the molecule is CC(C)(C)[C@H]1CCc2c(sc(N=Cc3ccc(OCC(=O)O)cc3)c2C(=O)Nc2ccccc2)C1. The summed E-state index contributed by atoms with van der Waals surface area (Å²) < 4.78 is 5.19. The highest BCUT2D eigenvalue weighted by Gasteiger charge is 2.33. The zero-order valence-corrected chi connectivity index (χ0v) is 21.0. The van der Waals surface area contributed by atoms with E-state index in [0.29, 0.717) is 22.2 Å². The molecular formula is C28H30N2O4S. The third-order valence-corrected chi connectivity index (χ3v) is 7.47. The molecule has 4 rings (SSSR count). The fourth-order valence-electron chi connectivity index (χ4n) is 4.28. The van der Waals surface area contributed by atoms with Gasteiger partial charge in [-0.15, -0.1) is 11.3 Å². The van der Waals surface area contributed by atoms with Gasteiger partial charge >= 0.3 is 5.97 Å². The van der Waals surface area contributed by atoms with Gasteiger partial charge in [0.25, 0.3) is 5.91 Å². The Balaban J connectivity index is 1.62. The second kappa shape index (κ2) is 10.4. The molecule has 1 aromatic heterocycles. The molecule has 0 bridgehead atoms. The van der Waals surface area contributed by atoms with E-state index >= 15 is 0 Å². The Bertz CT molecular complexity index is 1220. The van der Waals surface area contributed by atoms with Crippen molar-refractivity contribution in [3.63, 3.8) is 0 Å². The number of carbonyl (C=O) groups excluding carboxylic acids is 1. The van der Waals surface area contributed by atoms with E-state index in [2.05, 4.69) is 26.1 Å². The van der Waals surface area contributed by atoms with Gasteiger partial charge < -0.3 is 15.2 Å². The zero-order chi connectivity index (χ0) is 25.0. The predicted octanol–water partition coefficient (Wildman–Crippen LogP) is 6.37. The summed E-state index contributed by atoms with van der Waals surface area (Å²) in [5, 5.41) is 12.5. The quantitative estimate of drug-likeness (QED) is 0.377. The molecule has 1 heterocycles. The second-order valence-corrected chi connectivity index (χ2v) is 10.9. The number of hydrogen-bond donors (Lipinski definition) is 2. The highest BCUT2D eigenvalue weighted by atomic mass is 32.1. The van der Waals surface area contributed by atoms with Gasteiger partial charge in [-0.1, -0.05) is 39.0 Å². The van der Waals surface area contributed by atoms with Crippen LogP contribution in [0.15, 0.2) is 59.6 Å². The molecule has 35 heavy (non-hydrogen) atoms. The molecule has 2 N–H and O–H groups in total. The van der Waals surface area contributed by atoms with Crippen molar-refractivity contribution in [1.82, 2.24) is 0 Å². The van der Waals surface area contributed by atoms with Crippen LogP contribution in [-0.2, 0) is 17.6 Å². The van der Waals surface area contributed by atoms with Gasteiger partial charge in [-0.05, 0) is 78.1 Å². The molecule has 0 aliphatic heterocycles. The molecule has 182 valence electrons. The van der Waals surface area contributed by atoms with E-state index in [1.54, 1.807) is 29.7 Å². The average Bonchev–Trinajstić information content (AvgIpc) is 3.20. The topological polar surface area (TPSA) is 88.0 Å². The Hall–Kier alpha value is -3.45. The number of benzene rings is 2.